The van der Waals surface area contributed by atoms with Crippen molar-refractivity contribution in [2.45, 2.75) is 13.8 Å². The first kappa shape index (κ1) is 12.7. The first-order valence-electron chi connectivity index (χ1n) is 4.47. The van der Waals surface area contributed by atoms with Crippen LogP contribution in [0.2, 0.25) is 10.0 Å². The Morgan fingerprint density at radius 3 is 2.47 bits per heavy atom. The summed E-state index contributed by atoms with van der Waals surface area (Å²) in [7, 11) is 0. The maximum atomic E-state index is 5.96. The molecule has 0 bridgehead atoms. The maximum Gasteiger partial charge on any atom is 0.145 e. The minimum atomic E-state index is 0.203. The van der Waals surface area contributed by atoms with Crippen molar-refractivity contribution in [3.63, 3.8) is 0 Å². The molecule has 0 saturated carbocycles. The molecule has 0 aliphatic heterocycles. The average molecular weight is 266 g/mol. The van der Waals surface area contributed by atoms with E-state index in [9.17, 15) is 0 Å². The summed E-state index contributed by atoms with van der Waals surface area (Å²) in [5.74, 6) is 1.43. The van der Waals surface area contributed by atoms with Crippen LogP contribution in [0.4, 0.5) is 0 Å². The standard InChI is InChI=1S/C11H11Cl3O/c1-7(2)11(6-12)15-10-4-3-8(13)5-9(10)14/h3-7H,1-2H3. The molecule has 4 heteroatoms. The summed E-state index contributed by atoms with van der Waals surface area (Å²) in [5, 5.41) is 1.05. The van der Waals surface area contributed by atoms with E-state index >= 15 is 0 Å². The van der Waals surface area contributed by atoms with Crippen LogP contribution in [0.15, 0.2) is 29.5 Å². The summed E-state index contributed by atoms with van der Waals surface area (Å²) in [4.78, 5) is 0. The van der Waals surface area contributed by atoms with Crippen molar-refractivity contribution in [3.8, 4) is 5.75 Å². The fourth-order valence-corrected chi connectivity index (χ4v) is 1.69. The largest absolute Gasteiger partial charge is 0.459 e. The molecule has 0 heterocycles. The third-order valence-electron chi connectivity index (χ3n) is 1.80. The molecule has 1 aromatic carbocycles. The minimum absolute atomic E-state index is 0.203. The van der Waals surface area contributed by atoms with E-state index in [2.05, 4.69) is 0 Å². The highest BCUT2D eigenvalue weighted by atomic mass is 35.5. The molecule has 82 valence electrons. The first-order valence-corrected chi connectivity index (χ1v) is 5.67. The van der Waals surface area contributed by atoms with Gasteiger partial charge >= 0.3 is 0 Å². The molecule has 0 fully saturated rings. The Hall–Kier alpha value is -0.370. The molecule has 0 unspecified atom stereocenters. The van der Waals surface area contributed by atoms with Crippen LogP contribution in [0.5, 0.6) is 5.75 Å². The Labute approximate surface area is 105 Å². The van der Waals surface area contributed by atoms with Crippen molar-refractivity contribution in [3.05, 3.63) is 39.5 Å². The number of benzene rings is 1. The van der Waals surface area contributed by atoms with Crippen LogP contribution in [0.3, 0.4) is 0 Å². The Morgan fingerprint density at radius 2 is 2.00 bits per heavy atom. The zero-order chi connectivity index (χ0) is 11.4. The van der Waals surface area contributed by atoms with E-state index in [1.807, 2.05) is 13.8 Å². The summed E-state index contributed by atoms with van der Waals surface area (Å²) in [6, 6.07) is 5.06. The number of hydrogen-bond donors (Lipinski definition) is 0. The summed E-state index contributed by atoms with van der Waals surface area (Å²) in [5.41, 5.74) is 1.41. The van der Waals surface area contributed by atoms with Crippen molar-refractivity contribution < 1.29 is 4.74 Å². The molecule has 0 spiro atoms. The molecule has 0 radical (unpaired) electrons. The van der Waals surface area contributed by atoms with E-state index in [1.165, 1.54) is 5.54 Å². The maximum absolute atomic E-state index is 5.96. The molecule has 1 nitrogen and oxygen atoms in total. The number of rotatable bonds is 3. The first-order chi connectivity index (χ1) is 7.04. The molecule has 0 aliphatic carbocycles. The van der Waals surface area contributed by atoms with Gasteiger partial charge in [0.2, 0.25) is 0 Å². The van der Waals surface area contributed by atoms with Gasteiger partial charge in [-0.3, -0.25) is 0 Å². The van der Waals surface area contributed by atoms with E-state index in [0.717, 1.165) is 0 Å². The fourth-order valence-electron chi connectivity index (χ4n) is 0.951. The van der Waals surface area contributed by atoms with E-state index < -0.39 is 0 Å². The SMILES string of the molecule is CC(C)C(=CCl)Oc1ccc(Cl)cc1Cl. The fraction of sp³-hybridized carbons (Fsp3) is 0.273. The van der Waals surface area contributed by atoms with Gasteiger partial charge in [0.15, 0.2) is 0 Å². The molecule has 0 aliphatic rings. The van der Waals surface area contributed by atoms with Gasteiger partial charge in [-0.25, -0.2) is 0 Å². The minimum Gasteiger partial charge on any atom is -0.459 e. The lowest BCUT2D eigenvalue weighted by Gasteiger charge is -2.13. The Morgan fingerprint density at radius 1 is 1.33 bits per heavy atom. The van der Waals surface area contributed by atoms with E-state index in [-0.39, 0.29) is 5.92 Å². The lowest BCUT2D eigenvalue weighted by molar-refractivity contribution is 0.370. The molecule has 1 rings (SSSR count). The van der Waals surface area contributed by atoms with Crippen molar-refractivity contribution in [2.75, 3.05) is 0 Å². The summed E-state index contributed by atoms with van der Waals surface area (Å²) >= 11 is 17.4. The second kappa shape index (κ2) is 5.64. The molecule has 1 aromatic rings. The topological polar surface area (TPSA) is 9.23 Å². The Kier molecular flexibility index (Phi) is 4.78. The molecule has 0 aromatic heterocycles. The Balaban J connectivity index is 2.89. The third-order valence-corrected chi connectivity index (χ3v) is 2.54. The van der Waals surface area contributed by atoms with Gasteiger partial charge in [0.05, 0.1) is 5.02 Å². The van der Waals surface area contributed by atoms with Gasteiger partial charge in [-0.1, -0.05) is 48.7 Å². The smallest absolute Gasteiger partial charge is 0.145 e. The van der Waals surface area contributed by atoms with Crippen molar-refractivity contribution >= 4 is 34.8 Å². The van der Waals surface area contributed by atoms with Crippen LogP contribution in [-0.2, 0) is 0 Å². The highest BCUT2D eigenvalue weighted by molar-refractivity contribution is 6.35. The zero-order valence-electron chi connectivity index (χ0n) is 8.43. The number of ether oxygens (including phenoxy) is 1. The van der Waals surface area contributed by atoms with E-state index in [1.54, 1.807) is 18.2 Å². The summed E-state index contributed by atoms with van der Waals surface area (Å²) in [6.07, 6.45) is 0. The monoisotopic (exact) mass is 264 g/mol. The van der Waals surface area contributed by atoms with Crippen molar-refractivity contribution in [2.24, 2.45) is 5.92 Å². The van der Waals surface area contributed by atoms with Gasteiger partial charge < -0.3 is 4.74 Å². The van der Waals surface area contributed by atoms with E-state index in [4.69, 9.17) is 39.5 Å². The van der Waals surface area contributed by atoms with Crippen molar-refractivity contribution in [1.29, 1.82) is 0 Å². The van der Waals surface area contributed by atoms with Gasteiger partial charge in [-0.2, -0.15) is 0 Å². The predicted molar refractivity (Wildman–Crippen MR) is 65.9 cm³/mol. The molecule has 0 amide bonds. The number of allylic oxidation sites excluding steroid dienone is 1. The lowest BCUT2D eigenvalue weighted by Crippen LogP contribution is -2.02. The number of hydrogen-bond acceptors (Lipinski definition) is 1. The highest BCUT2D eigenvalue weighted by Gasteiger charge is 2.08. The highest BCUT2D eigenvalue weighted by Crippen LogP contribution is 2.30. The van der Waals surface area contributed by atoms with Crippen LogP contribution >= 0.6 is 34.8 Å². The molecular weight excluding hydrogens is 254 g/mol. The van der Waals surface area contributed by atoms with Gasteiger partial charge in [-0.05, 0) is 18.2 Å². The molecular formula is C11H11Cl3O. The third kappa shape index (κ3) is 3.60. The quantitative estimate of drug-likeness (QED) is 0.690. The van der Waals surface area contributed by atoms with Crippen LogP contribution in [0.1, 0.15) is 13.8 Å². The van der Waals surface area contributed by atoms with Gasteiger partial charge in [0.1, 0.15) is 11.5 Å². The summed E-state index contributed by atoms with van der Waals surface area (Å²) in [6.45, 7) is 3.97. The van der Waals surface area contributed by atoms with Crippen LogP contribution in [0.25, 0.3) is 0 Å². The zero-order valence-corrected chi connectivity index (χ0v) is 10.7. The van der Waals surface area contributed by atoms with Crippen LogP contribution in [-0.4, -0.2) is 0 Å². The molecule has 15 heavy (non-hydrogen) atoms. The van der Waals surface area contributed by atoms with Gasteiger partial charge in [-0.15, -0.1) is 0 Å². The summed E-state index contributed by atoms with van der Waals surface area (Å²) < 4.78 is 5.55. The van der Waals surface area contributed by atoms with Gasteiger partial charge in [0.25, 0.3) is 0 Å². The molecule has 0 N–H and O–H groups in total. The normalized spacial score (nSPS) is 12.0. The van der Waals surface area contributed by atoms with Crippen LogP contribution in [0, 0.1) is 5.92 Å². The molecule has 0 atom stereocenters. The lowest BCUT2D eigenvalue weighted by atomic mass is 10.2. The second-order valence-corrected chi connectivity index (χ2v) is 4.40. The average Bonchev–Trinajstić information content (AvgIpc) is 2.16. The second-order valence-electron chi connectivity index (χ2n) is 3.34. The van der Waals surface area contributed by atoms with Crippen molar-refractivity contribution in [1.82, 2.24) is 0 Å². The van der Waals surface area contributed by atoms with Crippen LogP contribution < -0.4 is 4.74 Å². The number of halogens is 3. The molecule has 0 saturated heterocycles. The van der Waals surface area contributed by atoms with E-state index in [0.29, 0.717) is 21.6 Å². The van der Waals surface area contributed by atoms with Gasteiger partial charge in [0, 0.05) is 16.5 Å². The predicted octanol–water partition coefficient (Wildman–Crippen LogP) is 5.11. The Bertz CT molecular complexity index is 372.